The first-order valence-corrected chi connectivity index (χ1v) is 8.63. The predicted octanol–water partition coefficient (Wildman–Crippen LogP) is 3.61. The molecule has 0 fully saturated rings. The summed E-state index contributed by atoms with van der Waals surface area (Å²) < 4.78 is 23.6. The van der Waals surface area contributed by atoms with E-state index in [0.717, 1.165) is 0 Å². The molecule has 0 spiro atoms. The molecule has 1 heterocycles. The molecule has 5 N–H and O–H groups in total. The van der Waals surface area contributed by atoms with Crippen LogP contribution < -0.4 is 21.5 Å². The van der Waals surface area contributed by atoms with Gasteiger partial charge in [-0.15, -0.1) is 0 Å². The SMILES string of the molecule is NC(=O)OCCCOc1cc2ncnc(Nc3ccc(F)c(Cl)c3)c2cc1N. The summed E-state index contributed by atoms with van der Waals surface area (Å²) >= 11 is 5.81. The fourth-order valence-electron chi connectivity index (χ4n) is 2.45. The highest BCUT2D eigenvalue weighted by atomic mass is 35.5. The molecule has 0 aliphatic heterocycles. The number of primary amides is 1. The Balaban J connectivity index is 1.78. The van der Waals surface area contributed by atoms with Crippen LogP contribution in [-0.4, -0.2) is 29.3 Å². The minimum absolute atomic E-state index is 0.00104. The van der Waals surface area contributed by atoms with Crippen molar-refractivity contribution in [2.75, 3.05) is 24.3 Å². The Morgan fingerprint density at radius 2 is 2.04 bits per heavy atom. The number of anilines is 3. The number of fused-ring (bicyclic) bond motifs is 1. The van der Waals surface area contributed by atoms with Crippen LogP contribution >= 0.6 is 11.6 Å². The number of nitrogens with two attached hydrogens (primary N) is 2. The molecular weight excluding hydrogens is 389 g/mol. The molecule has 2 aromatic carbocycles. The van der Waals surface area contributed by atoms with E-state index >= 15 is 0 Å². The van der Waals surface area contributed by atoms with Crippen molar-refractivity contribution in [3.63, 3.8) is 0 Å². The standard InChI is InChI=1S/C18H17ClFN5O3/c19-12-6-10(2-3-13(12)20)25-17-11-7-14(21)16(8-15(11)23-9-24-17)27-4-1-5-28-18(22)26/h2-3,6-9H,1,4-5,21H2,(H2,22,26)(H,23,24,25). The maximum atomic E-state index is 13.3. The Kier molecular flexibility index (Phi) is 5.95. The van der Waals surface area contributed by atoms with Gasteiger partial charge in [-0.05, 0) is 24.3 Å². The molecule has 8 nitrogen and oxygen atoms in total. The molecule has 28 heavy (non-hydrogen) atoms. The predicted molar refractivity (Wildman–Crippen MR) is 104 cm³/mol. The van der Waals surface area contributed by atoms with Gasteiger partial charge in [0.2, 0.25) is 0 Å². The quantitative estimate of drug-likeness (QED) is 0.405. The van der Waals surface area contributed by atoms with Crippen LogP contribution in [0.3, 0.4) is 0 Å². The number of nitrogens with zero attached hydrogens (tertiary/aromatic N) is 2. The summed E-state index contributed by atoms with van der Waals surface area (Å²) in [6.07, 6.45) is 1.02. The number of carbonyl (C=O) groups excluding carboxylic acids is 1. The zero-order valence-corrected chi connectivity index (χ0v) is 15.4. The molecule has 0 unspecified atom stereocenters. The molecule has 1 amide bonds. The summed E-state index contributed by atoms with van der Waals surface area (Å²) in [5.74, 6) is 0.425. The van der Waals surface area contributed by atoms with Gasteiger partial charge in [0.25, 0.3) is 0 Å². The zero-order chi connectivity index (χ0) is 20.1. The van der Waals surface area contributed by atoms with Crippen molar-refractivity contribution < 1.29 is 18.7 Å². The van der Waals surface area contributed by atoms with E-state index in [0.29, 0.717) is 40.3 Å². The highest BCUT2D eigenvalue weighted by Crippen LogP contribution is 2.32. The fourth-order valence-corrected chi connectivity index (χ4v) is 2.63. The highest BCUT2D eigenvalue weighted by Gasteiger charge is 2.10. The van der Waals surface area contributed by atoms with E-state index in [9.17, 15) is 9.18 Å². The van der Waals surface area contributed by atoms with Gasteiger partial charge in [0.1, 0.15) is 23.7 Å². The van der Waals surface area contributed by atoms with Gasteiger partial charge in [-0.2, -0.15) is 0 Å². The van der Waals surface area contributed by atoms with Crippen molar-refractivity contribution in [3.8, 4) is 5.75 Å². The van der Waals surface area contributed by atoms with Crippen molar-refractivity contribution >= 4 is 45.8 Å². The third-order valence-corrected chi connectivity index (χ3v) is 4.03. The van der Waals surface area contributed by atoms with E-state index in [-0.39, 0.29) is 18.2 Å². The lowest BCUT2D eigenvalue weighted by Crippen LogP contribution is -2.15. The van der Waals surface area contributed by atoms with Crippen LogP contribution in [0.5, 0.6) is 5.75 Å². The molecule has 1 aromatic heterocycles. The lowest BCUT2D eigenvalue weighted by Gasteiger charge is -2.13. The van der Waals surface area contributed by atoms with E-state index in [4.69, 9.17) is 27.8 Å². The topological polar surface area (TPSA) is 125 Å². The first-order valence-electron chi connectivity index (χ1n) is 8.25. The van der Waals surface area contributed by atoms with Gasteiger partial charge in [-0.25, -0.2) is 19.2 Å². The summed E-state index contributed by atoms with van der Waals surface area (Å²) in [5, 5.41) is 3.73. The van der Waals surface area contributed by atoms with Crippen molar-refractivity contribution in [2.24, 2.45) is 5.73 Å². The number of ether oxygens (including phenoxy) is 2. The van der Waals surface area contributed by atoms with Gasteiger partial charge in [-0.1, -0.05) is 11.6 Å². The maximum absolute atomic E-state index is 13.3. The summed E-state index contributed by atoms with van der Waals surface area (Å²) in [7, 11) is 0. The Morgan fingerprint density at radius 1 is 1.21 bits per heavy atom. The van der Waals surface area contributed by atoms with E-state index in [1.807, 2.05) is 0 Å². The van der Waals surface area contributed by atoms with Crippen molar-refractivity contribution in [3.05, 3.63) is 47.5 Å². The monoisotopic (exact) mass is 405 g/mol. The summed E-state index contributed by atoms with van der Waals surface area (Å²) in [4.78, 5) is 19.0. The van der Waals surface area contributed by atoms with E-state index in [1.54, 1.807) is 18.2 Å². The Morgan fingerprint density at radius 3 is 2.79 bits per heavy atom. The average Bonchev–Trinajstić information content (AvgIpc) is 2.65. The van der Waals surface area contributed by atoms with E-state index < -0.39 is 11.9 Å². The van der Waals surface area contributed by atoms with Gasteiger partial charge in [-0.3, -0.25) is 0 Å². The number of carbonyl (C=O) groups is 1. The fraction of sp³-hybridized carbons (Fsp3) is 0.167. The molecule has 3 rings (SSSR count). The summed E-state index contributed by atoms with van der Waals surface area (Å²) in [6, 6.07) is 7.63. The van der Waals surface area contributed by atoms with Gasteiger partial charge in [0, 0.05) is 23.6 Å². The first kappa shape index (κ1) is 19.4. The number of benzene rings is 2. The molecule has 10 heteroatoms. The van der Waals surface area contributed by atoms with Gasteiger partial charge < -0.3 is 26.3 Å². The number of halogens is 2. The second-order valence-electron chi connectivity index (χ2n) is 5.75. The number of nitrogens with one attached hydrogen (secondary N) is 1. The van der Waals surface area contributed by atoms with Gasteiger partial charge >= 0.3 is 6.09 Å². The summed E-state index contributed by atoms with van der Waals surface area (Å²) in [5.41, 5.74) is 12.5. The van der Waals surface area contributed by atoms with Gasteiger partial charge in [0.15, 0.2) is 0 Å². The molecule has 146 valence electrons. The number of hydrogen-bond donors (Lipinski definition) is 3. The molecule has 0 saturated carbocycles. The highest BCUT2D eigenvalue weighted by molar-refractivity contribution is 6.31. The lowest BCUT2D eigenvalue weighted by molar-refractivity contribution is 0.147. The molecular formula is C18H17ClFN5O3. The smallest absolute Gasteiger partial charge is 0.404 e. The zero-order valence-electron chi connectivity index (χ0n) is 14.6. The molecule has 0 radical (unpaired) electrons. The van der Waals surface area contributed by atoms with Crippen LogP contribution in [-0.2, 0) is 4.74 Å². The van der Waals surface area contributed by atoms with E-state index in [1.165, 1.54) is 18.5 Å². The number of hydrogen-bond acceptors (Lipinski definition) is 7. The van der Waals surface area contributed by atoms with Crippen LogP contribution in [0, 0.1) is 5.82 Å². The average molecular weight is 406 g/mol. The number of rotatable bonds is 7. The van der Waals surface area contributed by atoms with Crippen molar-refractivity contribution in [1.82, 2.24) is 9.97 Å². The molecule has 0 atom stereocenters. The van der Waals surface area contributed by atoms with Crippen molar-refractivity contribution in [1.29, 1.82) is 0 Å². The number of amides is 1. The van der Waals surface area contributed by atoms with Crippen LogP contribution in [0.15, 0.2) is 36.7 Å². The van der Waals surface area contributed by atoms with Gasteiger partial charge in [0.05, 0.1) is 29.4 Å². The molecule has 3 aromatic rings. The Labute approximate surface area is 164 Å². The van der Waals surface area contributed by atoms with Crippen LogP contribution in [0.1, 0.15) is 6.42 Å². The Hall–Kier alpha value is -3.33. The minimum atomic E-state index is -0.829. The number of aromatic nitrogens is 2. The maximum Gasteiger partial charge on any atom is 0.404 e. The van der Waals surface area contributed by atoms with Crippen LogP contribution in [0.2, 0.25) is 5.02 Å². The molecule has 0 aliphatic rings. The lowest BCUT2D eigenvalue weighted by atomic mass is 10.2. The molecule has 0 saturated heterocycles. The third kappa shape index (κ3) is 4.68. The second kappa shape index (κ2) is 8.57. The minimum Gasteiger partial charge on any atom is -0.491 e. The molecule has 0 bridgehead atoms. The normalized spacial score (nSPS) is 10.6. The third-order valence-electron chi connectivity index (χ3n) is 3.74. The Bertz CT molecular complexity index is 1020. The second-order valence-corrected chi connectivity index (χ2v) is 6.16. The number of nitrogen functional groups attached to an aromatic ring is 1. The molecule has 0 aliphatic carbocycles. The largest absolute Gasteiger partial charge is 0.491 e. The van der Waals surface area contributed by atoms with E-state index in [2.05, 4.69) is 20.0 Å². The first-order chi connectivity index (χ1) is 13.4. The van der Waals surface area contributed by atoms with Crippen LogP contribution in [0.4, 0.5) is 26.4 Å². The van der Waals surface area contributed by atoms with Crippen molar-refractivity contribution in [2.45, 2.75) is 6.42 Å². The summed E-state index contributed by atoms with van der Waals surface area (Å²) in [6.45, 7) is 0.437. The van der Waals surface area contributed by atoms with Crippen LogP contribution in [0.25, 0.3) is 10.9 Å².